The molecule has 1 unspecified atom stereocenters. The zero-order valence-electron chi connectivity index (χ0n) is 12.0. The highest BCUT2D eigenvalue weighted by Gasteiger charge is 2.21. The van der Waals surface area contributed by atoms with Crippen LogP contribution in [-0.4, -0.2) is 29.1 Å². The molecule has 0 aliphatic heterocycles. The Morgan fingerprint density at radius 2 is 2.15 bits per heavy atom. The standard InChI is InChI=1S/C15H20N2O3/c1-4-17-14(13(20-3)9-16-17)15(18)12-7-5-6-11(8-12)10-19-2/h5-9,15,18H,4,10H2,1-3H3. The lowest BCUT2D eigenvalue weighted by Gasteiger charge is -2.15. The second-order valence-corrected chi connectivity index (χ2v) is 4.49. The van der Waals surface area contributed by atoms with Gasteiger partial charge in [-0.1, -0.05) is 24.3 Å². The summed E-state index contributed by atoms with van der Waals surface area (Å²) in [6, 6.07) is 7.69. The molecular formula is C15H20N2O3. The van der Waals surface area contributed by atoms with Gasteiger partial charge in [0.05, 0.1) is 19.9 Å². The van der Waals surface area contributed by atoms with Crippen LogP contribution >= 0.6 is 0 Å². The fourth-order valence-corrected chi connectivity index (χ4v) is 2.24. The summed E-state index contributed by atoms with van der Waals surface area (Å²) in [5.74, 6) is 0.594. The Bertz CT molecular complexity index is 544. The number of methoxy groups -OCH3 is 2. The third-order valence-electron chi connectivity index (χ3n) is 3.20. The molecule has 0 saturated heterocycles. The first-order chi connectivity index (χ1) is 9.71. The van der Waals surface area contributed by atoms with Crippen LogP contribution in [0.15, 0.2) is 30.5 Å². The molecule has 5 nitrogen and oxygen atoms in total. The molecule has 1 aromatic carbocycles. The maximum absolute atomic E-state index is 10.6. The Kier molecular flexibility index (Phi) is 4.76. The largest absolute Gasteiger partial charge is 0.493 e. The molecule has 0 spiro atoms. The van der Waals surface area contributed by atoms with Gasteiger partial charge in [-0.15, -0.1) is 0 Å². The zero-order chi connectivity index (χ0) is 14.5. The summed E-state index contributed by atoms with van der Waals surface area (Å²) in [7, 11) is 3.23. The van der Waals surface area contributed by atoms with E-state index in [9.17, 15) is 5.11 Å². The topological polar surface area (TPSA) is 56.5 Å². The number of benzene rings is 1. The van der Waals surface area contributed by atoms with E-state index >= 15 is 0 Å². The van der Waals surface area contributed by atoms with Crippen molar-refractivity contribution in [3.8, 4) is 5.75 Å². The molecule has 0 amide bonds. The van der Waals surface area contributed by atoms with Crippen LogP contribution in [0, 0.1) is 0 Å². The molecule has 1 N–H and O–H groups in total. The highest BCUT2D eigenvalue weighted by Crippen LogP contribution is 2.30. The first-order valence-electron chi connectivity index (χ1n) is 6.56. The van der Waals surface area contributed by atoms with Crippen molar-refractivity contribution in [1.82, 2.24) is 9.78 Å². The summed E-state index contributed by atoms with van der Waals surface area (Å²) in [6.45, 7) is 3.17. The van der Waals surface area contributed by atoms with Gasteiger partial charge in [-0.2, -0.15) is 5.10 Å². The number of ether oxygens (including phenoxy) is 2. The Hall–Kier alpha value is -1.85. The van der Waals surface area contributed by atoms with Gasteiger partial charge in [0, 0.05) is 13.7 Å². The Morgan fingerprint density at radius 1 is 1.35 bits per heavy atom. The van der Waals surface area contributed by atoms with Crippen molar-refractivity contribution in [2.45, 2.75) is 26.2 Å². The van der Waals surface area contributed by atoms with Crippen LogP contribution in [-0.2, 0) is 17.9 Å². The van der Waals surface area contributed by atoms with Gasteiger partial charge in [0.1, 0.15) is 11.8 Å². The summed E-state index contributed by atoms with van der Waals surface area (Å²) < 4.78 is 12.1. The number of aliphatic hydroxyl groups is 1. The van der Waals surface area contributed by atoms with Crippen LogP contribution in [0.4, 0.5) is 0 Å². The number of aliphatic hydroxyl groups excluding tert-OH is 1. The quantitative estimate of drug-likeness (QED) is 0.878. The molecule has 0 radical (unpaired) electrons. The van der Waals surface area contributed by atoms with Crippen LogP contribution in [0.25, 0.3) is 0 Å². The van der Waals surface area contributed by atoms with Gasteiger partial charge in [0.15, 0.2) is 5.75 Å². The molecule has 0 aliphatic rings. The number of rotatable bonds is 6. The lowest BCUT2D eigenvalue weighted by molar-refractivity contribution is 0.183. The van der Waals surface area contributed by atoms with E-state index in [-0.39, 0.29) is 0 Å². The second-order valence-electron chi connectivity index (χ2n) is 4.49. The Labute approximate surface area is 118 Å². The molecule has 0 bridgehead atoms. The zero-order valence-corrected chi connectivity index (χ0v) is 12.0. The van der Waals surface area contributed by atoms with Gasteiger partial charge in [-0.25, -0.2) is 0 Å². The Morgan fingerprint density at radius 3 is 2.80 bits per heavy atom. The minimum Gasteiger partial charge on any atom is -0.493 e. The van der Waals surface area contributed by atoms with Crippen LogP contribution < -0.4 is 4.74 Å². The van der Waals surface area contributed by atoms with E-state index in [1.165, 1.54) is 0 Å². The van der Waals surface area contributed by atoms with Crippen molar-refractivity contribution in [2.24, 2.45) is 0 Å². The lowest BCUT2D eigenvalue weighted by Crippen LogP contribution is -2.10. The monoisotopic (exact) mass is 276 g/mol. The summed E-state index contributed by atoms with van der Waals surface area (Å²) in [5.41, 5.74) is 2.49. The first kappa shape index (κ1) is 14.6. The van der Waals surface area contributed by atoms with E-state index in [0.29, 0.717) is 24.6 Å². The van der Waals surface area contributed by atoms with Gasteiger partial charge in [0.25, 0.3) is 0 Å². The van der Waals surface area contributed by atoms with Gasteiger partial charge in [-0.05, 0) is 18.1 Å². The summed E-state index contributed by atoms with van der Waals surface area (Å²) >= 11 is 0. The molecule has 0 saturated carbocycles. The maximum Gasteiger partial charge on any atom is 0.163 e. The molecule has 20 heavy (non-hydrogen) atoms. The fourth-order valence-electron chi connectivity index (χ4n) is 2.24. The van der Waals surface area contributed by atoms with Gasteiger partial charge < -0.3 is 14.6 Å². The second kappa shape index (κ2) is 6.54. The van der Waals surface area contributed by atoms with Crippen LogP contribution in [0.2, 0.25) is 0 Å². The molecule has 1 heterocycles. The number of aryl methyl sites for hydroxylation is 1. The van der Waals surface area contributed by atoms with Crippen LogP contribution in [0.1, 0.15) is 29.8 Å². The van der Waals surface area contributed by atoms with Crippen LogP contribution in [0.5, 0.6) is 5.75 Å². The third kappa shape index (κ3) is 2.84. The van der Waals surface area contributed by atoms with Gasteiger partial charge in [-0.3, -0.25) is 4.68 Å². The molecule has 2 rings (SSSR count). The van der Waals surface area contributed by atoms with E-state index in [0.717, 1.165) is 11.1 Å². The van der Waals surface area contributed by atoms with Crippen molar-refractivity contribution in [3.05, 3.63) is 47.3 Å². The Balaban J connectivity index is 2.37. The number of hydrogen-bond donors (Lipinski definition) is 1. The van der Waals surface area contributed by atoms with Gasteiger partial charge in [0.2, 0.25) is 0 Å². The molecule has 0 aliphatic carbocycles. The minimum atomic E-state index is -0.774. The first-order valence-corrected chi connectivity index (χ1v) is 6.56. The van der Waals surface area contributed by atoms with E-state index in [2.05, 4.69) is 5.10 Å². The van der Waals surface area contributed by atoms with E-state index in [1.54, 1.807) is 25.1 Å². The summed E-state index contributed by atoms with van der Waals surface area (Å²) in [5, 5.41) is 14.8. The average molecular weight is 276 g/mol. The number of hydrogen-bond acceptors (Lipinski definition) is 4. The maximum atomic E-state index is 10.6. The minimum absolute atomic E-state index is 0.519. The normalized spacial score (nSPS) is 12.4. The van der Waals surface area contributed by atoms with E-state index < -0.39 is 6.10 Å². The average Bonchev–Trinajstić information content (AvgIpc) is 2.90. The smallest absolute Gasteiger partial charge is 0.163 e. The van der Waals surface area contributed by atoms with Crippen molar-refractivity contribution in [2.75, 3.05) is 14.2 Å². The van der Waals surface area contributed by atoms with Crippen LogP contribution in [0.3, 0.4) is 0 Å². The summed E-state index contributed by atoms with van der Waals surface area (Å²) in [4.78, 5) is 0. The number of nitrogens with zero attached hydrogens (tertiary/aromatic N) is 2. The molecular weight excluding hydrogens is 256 g/mol. The van der Waals surface area contributed by atoms with E-state index in [1.807, 2.05) is 31.2 Å². The van der Waals surface area contributed by atoms with Crippen molar-refractivity contribution >= 4 is 0 Å². The van der Waals surface area contributed by atoms with Gasteiger partial charge >= 0.3 is 0 Å². The molecule has 0 fully saturated rings. The van der Waals surface area contributed by atoms with Crippen molar-refractivity contribution in [3.63, 3.8) is 0 Å². The molecule has 1 aromatic heterocycles. The number of aromatic nitrogens is 2. The molecule has 5 heteroatoms. The highest BCUT2D eigenvalue weighted by atomic mass is 16.5. The lowest BCUT2D eigenvalue weighted by atomic mass is 10.0. The molecule has 2 aromatic rings. The van der Waals surface area contributed by atoms with Crippen molar-refractivity contribution in [1.29, 1.82) is 0 Å². The predicted molar refractivity (Wildman–Crippen MR) is 75.7 cm³/mol. The molecule has 108 valence electrons. The van der Waals surface area contributed by atoms with E-state index in [4.69, 9.17) is 9.47 Å². The third-order valence-corrected chi connectivity index (χ3v) is 3.20. The SMILES string of the molecule is CCn1ncc(OC)c1C(O)c1cccc(COC)c1. The summed E-state index contributed by atoms with van der Waals surface area (Å²) in [6.07, 6.45) is 0.852. The molecule has 1 atom stereocenters. The van der Waals surface area contributed by atoms with Crippen molar-refractivity contribution < 1.29 is 14.6 Å². The fraction of sp³-hybridized carbons (Fsp3) is 0.400. The highest BCUT2D eigenvalue weighted by molar-refractivity contribution is 5.36. The predicted octanol–water partition coefficient (Wildman–Crippen LogP) is 2.14.